The molecule has 0 aliphatic heterocycles. The van der Waals surface area contributed by atoms with Crippen molar-refractivity contribution in [2.45, 2.75) is 69.0 Å². The molecule has 15 heteroatoms. The Hall–Kier alpha value is -3.04. The maximum Gasteiger partial charge on any atom is 0.389 e. The smallest absolute Gasteiger partial charge is 0.274 e. The highest BCUT2D eigenvalue weighted by Gasteiger charge is 2.39. The molecule has 40 heavy (non-hydrogen) atoms. The Morgan fingerprint density at radius 1 is 1.05 bits per heavy atom. The third-order valence-corrected chi connectivity index (χ3v) is 10.6. The van der Waals surface area contributed by atoms with Crippen LogP contribution in [0.25, 0.3) is 16.8 Å². The summed E-state index contributed by atoms with van der Waals surface area (Å²) >= 11 is 0. The largest absolute Gasteiger partial charge is 0.389 e. The van der Waals surface area contributed by atoms with Crippen LogP contribution in [0.2, 0.25) is 0 Å². The molecule has 4 aromatic rings. The van der Waals surface area contributed by atoms with Crippen molar-refractivity contribution in [2.75, 3.05) is 5.75 Å². The van der Waals surface area contributed by atoms with Gasteiger partial charge >= 0.3 is 6.18 Å². The molecule has 216 valence electrons. The Balaban J connectivity index is 1.45. The van der Waals surface area contributed by atoms with Crippen LogP contribution in [0, 0.1) is 12.8 Å². The first-order valence-electron chi connectivity index (χ1n) is 12.9. The van der Waals surface area contributed by atoms with Crippen molar-refractivity contribution >= 4 is 36.9 Å². The number of sulfonamides is 1. The van der Waals surface area contributed by atoms with Gasteiger partial charge in [-0.05, 0) is 50.3 Å². The zero-order chi connectivity index (χ0) is 28.9. The van der Waals surface area contributed by atoms with Crippen molar-refractivity contribution < 1.29 is 30.0 Å². The molecule has 1 aliphatic rings. The number of aromatic nitrogens is 5. The standard InChI is InChI=1S/C25H29F3N6O4S2/c1-3-17-13-18(32-39(35,36)12-4-10-25(26,27)28)14-20(17)23-31-30-22-15-29-24-21(34(22)23)9-11-33(24)40(37,38)19-7-5-16(2)6-8-19/h5-9,11,15,17-18,20,32H,3-4,10,12-14H2,1-2H3/t17-,18+,20+/m1/s1. The van der Waals surface area contributed by atoms with Gasteiger partial charge in [-0.15, -0.1) is 10.2 Å². The van der Waals surface area contributed by atoms with Crippen molar-refractivity contribution in [2.24, 2.45) is 5.92 Å². The van der Waals surface area contributed by atoms with E-state index < -0.39 is 50.9 Å². The second-order valence-corrected chi connectivity index (χ2v) is 13.9. The summed E-state index contributed by atoms with van der Waals surface area (Å²) in [6.45, 7) is 3.84. The molecule has 0 saturated heterocycles. The number of halogens is 3. The van der Waals surface area contributed by atoms with Gasteiger partial charge in [0.05, 0.1) is 22.4 Å². The van der Waals surface area contributed by atoms with Gasteiger partial charge in [-0.25, -0.2) is 30.5 Å². The summed E-state index contributed by atoms with van der Waals surface area (Å²) in [5.74, 6) is -0.242. The predicted molar refractivity (Wildman–Crippen MR) is 142 cm³/mol. The Morgan fingerprint density at radius 3 is 2.45 bits per heavy atom. The van der Waals surface area contributed by atoms with Crippen LogP contribution in [-0.2, 0) is 20.0 Å². The van der Waals surface area contributed by atoms with E-state index >= 15 is 0 Å². The molecule has 3 atom stereocenters. The third-order valence-electron chi connectivity index (χ3n) is 7.41. The lowest BCUT2D eigenvalue weighted by molar-refractivity contribution is -0.134. The van der Waals surface area contributed by atoms with Crippen molar-refractivity contribution in [3.05, 3.63) is 54.1 Å². The Labute approximate surface area is 229 Å². The van der Waals surface area contributed by atoms with Gasteiger partial charge in [0.15, 0.2) is 11.3 Å². The summed E-state index contributed by atoms with van der Waals surface area (Å²) < 4.78 is 94.7. The van der Waals surface area contributed by atoms with E-state index in [4.69, 9.17) is 0 Å². The molecule has 0 spiro atoms. The molecule has 0 amide bonds. The second-order valence-electron chi connectivity index (χ2n) is 10.2. The van der Waals surface area contributed by atoms with Crippen molar-refractivity contribution in [1.29, 1.82) is 0 Å². The summed E-state index contributed by atoms with van der Waals surface area (Å²) in [4.78, 5) is 4.47. The summed E-state index contributed by atoms with van der Waals surface area (Å²) in [5, 5.41) is 8.62. The molecule has 0 radical (unpaired) electrons. The van der Waals surface area contributed by atoms with Gasteiger partial charge < -0.3 is 0 Å². The summed E-state index contributed by atoms with van der Waals surface area (Å²) in [5.41, 5.74) is 2.02. The maximum atomic E-state index is 13.4. The van der Waals surface area contributed by atoms with Crippen LogP contribution in [0.1, 0.15) is 56.3 Å². The monoisotopic (exact) mass is 598 g/mol. The van der Waals surface area contributed by atoms with Gasteiger partial charge in [0.25, 0.3) is 10.0 Å². The van der Waals surface area contributed by atoms with Gasteiger partial charge in [-0.2, -0.15) is 13.2 Å². The Kier molecular flexibility index (Phi) is 7.42. The average Bonchev–Trinajstić information content (AvgIpc) is 3.58. The minimum absolute atomic E-state index is 0.0249. The summed E-state index contributed by atoms with van der Waals surface area (Å²) in [7, 11) is -7.83. The van der Waals surface area contributed by atoms with Crippen LogP contribution in [-0.4, -0.2) is 58.4 Å². The molecule has 3 aromatic heterocycles. The number of nitrogens with one attached hydrogen (secondary N) is 1. The van der Waals surface area contributed by atoms with Gasteiger partial charge in [0.2, 0.25) is 10.0 Å². The fourth-order valence-electron chi connectivity index (χ4n) is 5.47. The number of nitrogens with zero attached hydrogens (tertiary/aromatic N) is 5. The Bertz CT molecular complexity index is 1750. The zero-order valence-corrected chi connectivity index (χ0v) is 23.5. The van der Waals surface area contributed by atoms with E-state index in [1.807, 2.05) is 13.8 Å². The van der Waals surface area contributed by atoms with E-state index in [0.29, 0.717) is 36.3 Å². The highest BCUT2D eigenvalue weighted by Crippen LogP contribution is 2.42. The molecule has 10 nitrogen and oxygen atoms in total. The molecule has 1 N–H and O–H groups in total. The molecule has 1 fully saturated rings. The van der Waals surface area contributed by atoms with Gasteiger partial charge in [-0.1, -0.05) is 31.0 Å². The first-order valence-corrected chi connectivity index (χ1v) is 16.0. The van der Waals surface area contributed by atoms with Crippen molar-refractivity contribution in [1.82, 2.24) is 28.3 Å². The molecular formula is C25H29F3N6O4S2. The SMILES string of the molecule is CC[C@@H]1C[C@H](NS(=O)(=O)CCCC(F)(F)F)C[C@@H]1c1nnc2cnc3c(ccn3S(=O)(=O)c3ccc(C)cc3)n12. The fourth-order valence-corrected chi connectivity index (χ4v) is 8.11. The number of alkyl halides is 3. The van der Waals surface area contributed by atoms with Crippen LogP contribution in [0.3, 0.4) is 0 Å². The minimum Gasteiger partial charge on any atom is -0.274 e. The lowest BCUT2D eigenvalue weighted by Gasteiger charge is -2.16. The lowest BCUT2D eigenvalue weighted by atomic mass is 9.93. The predicted octanol–water partition coefficient (Wildman–Crippen LogP) is 4.16. The van der Waals surface area contributed by atoms with E-state index in [0.717, 1.165) is 9.54 Å². The number of rotatable bonds is 9. The van der Waals surface area contributed by atoms with E-state index in [9.17, 15) is 30.0 Å². The number of fused-ring (bicyclic) bond motifs is 3. The summed E-state index contributed by atoms with van der Waals surface area (Å²) in [6, 6.07) is 7.66. The second kappa shape index (κ2) is 10.4. The molecule has 1 aromatic carbocycles. The fraction of sp³-hybridized carbons (Fsp3) is 0.480. The minimum atomic E-state index is -4.41. The number of aryl methyl sites for hydroxylation is 1. The van der Waals surface area contributed by atoms with Crippen LogP contribution < -0.4 is 4.72 Å². The van der Waals surface area contributed by atoms with Crippen LogP contribution >= 0.6 is 0 Å². The van der Waals surface area contributed by atoms with Crippen LogP contribution in [0.5, 0.6) is 0 Å². The van der Waals surface area contributed by atoms with E-state index in [1.54, 1.807) is 22.6 Å². The van der Waals surface area contributed by atoms with E-state index in [2.05, 4.69) is 19.9 Å². The highest BCUT2D eigenvalue weighted by molar-refractivity contribution is 7.90. The van der Waals surface area contributed by atoms with Gasteiger partial charge in [-0.3, -0.25) is 4.40 Å². The van der Waals surface area contributed by atoms with E-state index in [-0.39, 0.29) is 22.4 Å². The quantitative estimate of drug-likeness (QED) is 0.306. The molecule has 0 bridgehead atoms. The lowest BCUT2D eigenvalue weighted by Crippen LogP contribution is -2.35. The molecule has 1 aliphatic carbocycles. The van der Waals surface area contributed by atoms with Crippen molar-refractivity contribution in [3.8, 4) is 0 Å². The zero-order valence-electron chi connectivity index (χ0n) is 21.8. The van der Waals surface area contributed by atoms with E-state index in [1.165, 1.54) is 24.5 Å². The number of benzene rings is 1. The van der Waals surface area contributed by atoms with Gasteiger partial charge in [0.1, 0.15) is 5.82 Å². The molecule has 0 unspecified atom stereocenters. The molecule has 3 heterocycles. The number of hydrogen-bond acceptors (Lipinski definition) is 7. The first-order chi connectivity index (χ1) is 18.8. The normalized spacial score (nSPS) is 20.6. The Morgan fingerprint density at radius 2 is 1.77 bits per heavy atom. The molecule has 1 saturated carbocycles. The topological polar surface area (TPSA) is 128 Å². The van der Waals surface area contributed by atoms with Crippen LogP contribution in [0.4, 0.5) is 13.2 Å². The molecule has 5 rings (SSSR count). The van der Waals surface area contributed by atoms with Crippen LogP contribution in [0.15, 0.2) is 47.6 Å². The maximum absolute atomic E-state index is 13.4. The highest BCUT2D eigenvalue weighted by atomic mass is 32.2. The van der Waals surface area contributed by atoms with Gasteiger partial charge in [0, 0.05) is 24.6 Å². The number of hydrogen-bond donors (Lipinski definition) is 1. The first kappa shape index (κ1) is 28.5. The van der Waals surface area contributed by atoms with Crippen molar-refractivity contribution in [3.63, 3.8) is 0 Å². The average molecular weight is 599 g/mol. The summed E-state index contributed by atoms with van der Waals surface area (Å²) in [6.07, 6.45) is -1.62. The third kappa shape index (κ3) is 5.59. The molecular weight excluding hydrogens is 569 g/mol.